The molecule has 0 saturated carbocycles. The van der Waals surface area contributed by atoms with Crippen LogP contribution in [0.25, 0.3) is 0 Å². The summed E-state index contributed by atoms with van der Waals surface area (Å²) in [5, 5.41) is 6.76. The zero-order valence-electron chi connectivity index (χ0n) is 14.8. The normalized spacial score (nSPS) is 17.5. The highest BCUT2D eigenvalue weighted by atomic mass is 32.2. The second-order valence-corrected chi connectivity index (χ2v) is 7.76. The van der Waals surface area contributed by atoms with Crippen LogP contribution in [0.4, 0.5) is 0 Å². The van der Waals surface area contributed by atoms with E-state index in [0.717, 1.165) is 51.9 Å². The molecule has 0 aromatic heterocycles. The van der Waals surface area contributed by atoms with Gasteiger partial charge in [-0.2, -0.15) is 11.8 Å². The zero-order chi connectivity index (χ0) is 16.3. The standard InChI is InChI=1S/C16H34N4OS/c1-5-17-15(19-14-16(2,3)22-4)18-8-6-7-9-20-10-12-21-13-11-20/h5-14H2,1-4H3,(H2,17,18,19). The summed E-state index contributed by atoms with van der Waals surface area (Å²) < 4.78 is 5.56. The van der Waals surface area contributed by atoms with Gasteiger partial charge in [-0.15, -0.1) is 0 Å². The molecule has 0 aromatic rings. The van der Waals surface area contributed by atoms with Gasteiger partial charge in [-0.05, 0) is 46.4 Å². The van der Waals surface area contributed by atoms with Crippen LogP contribution in [0.5, 0.6) is 0 Å². The Morgan fingerprint density at radius 3 is 2.59 bits per heavy atom. The van der Waals surface area contributed by atoms with Gasteiger partial charge in [0.1, 0.15) is 0 Å². The summed E-state index contributed by atoms with van der Waals surface area (Å²) in [4.78, 5) is 7.18. The maximum absolute atomic E-state index is 5.37. The van der Waals surface area contributed by atoms with Gasteiger partial charge in [-0.25, -0.2) is 0 Å². The topological polar surface area (TPSA) is 48.9 Å². The Morgan fingerprint density at radius 2 is 1.95 bits per heavy atom. The Balaban J connectivity index is 2.18. The smallest absolute Gasteiger partial charge is 0.191 e. The molecule has 22 heavy (non-hydrogen) atoms. The molecule has 1 fully saturated rings. The molecule has 1 aliphatic rings. The number of nitrogens with zero attached hydrogens (tertiary/aromatic N) is 2. The number of rotatable bonds is 9. The van der Waals surface area contributed by atoms with E-state index in [2.05, 4.69) is 42.6 Å². The van der Waals surface area contributed by atoms with E-state index >= 15 is 0 Å². The van der Waals surface area contributed by atoms with E-state index in [1.165, 1.54) is 19.4 Å². The first-order valence-electron chi connectivity index (χ1n) is 8.45. The summed E-state index contributed by atoms with van der Waals surface area (Å²) >= 11 is 1.86. The summed E-state index contributed by atoms with van der Waals surface area (Å²) in [6.45, 7) is 14.4. The van der Waals surface area contributed by atoms with Crippen molar-refractivity contribution >= 4 is 17.7 Å². The van der Waals surface area contributed by atoms with Crippen molar-refractivity contribution in [2.75, 3.05) is 58.7 Å². The molecule has 1 saturated heterocycles. The van der Waals surface area contributed by atoms with Crippen LogP contribution in [0.15, 0.2) is 4.99 Å². The van der Waals surface area contributed by atoms with Crippen LogP contribution in [-0.2, 0) is 4.74 Å². The molecule has 0 aromatic carbocycles. The third-order valence-electron chi connectivity index (χ3n) is 3.81. The number of guanidine groups is 1. The average molecular weight is 331 g/mol. The maximum Gasteiger partial charge on any atom is 0.191 e. The second-order valence-electron chi connectivity index (χ2n) is 6.25. The van der Waals surface area contributed by atoms with Gasteiger partial charge in [0.25, 0.3) is 0 Å². The van der Waals surface area contributed by atoms with Crippen LogP contribution in [0.1, 0.15) is 33.6 Å². The SMILES string of the molecule is CCNC(=NCC(C)(C)SC)NCCCCN1CCOCC1. The van der Waals surface area contributed by atoms with Gasteiger partial charge < -0.3 is 15.4 Å². The molecular formula is C16H34N4OS. The molecule has 6 heteroatoms. The number of hydrogen-bond acceptors (Lipinski definition) is 4. The van der Waals surface area contributed by atoms with Crippen molar-refractivity contribution in [3.05, 3.63) is 0 Å². The summed E-state index contributed by atoms with van der Waals surface area (Å²) in [6, 6.07) is 0. The quantitative estimate of drug-likeness (QED) is 0.383. The van der Waals surface area contributed by atoms with Crippen molar-refractivity contribution in [1.82, 2.24) is 15.5 Å². The van der Waals surface area contributed by atoms with Crippen molar-refractivity contribution in [2.45, 2.75) is 38.4 Å². The summed E-state index contributed by atoms with van der Waals surface area (Å²) in [5.74, 6) is 0.941. The van der Waals surface area contributed by atoms with Crippen molar-refractivity contribution in [1.29, 1.82) is 0 Å². The van der Waals surface area contributed by atoms with E-state index in [9.17, 15) is 0 Å². The fraction of sp³-hybridized carbons (Fsp3) is 0.938. The molecule has 0 aliphatic carbocycles. The van der Waals surface area contributed by atoms with Crippen molar-refractivity contribution < 1.29 is 4.74 Å². The van der Waals surface area contributed by atoms with E-state index in [1.54, 1.807) is 0 Å². The second kappa shape index (κ2) is 11.1. The third kappa shape index (κ3) is 8.86. The van der Waals surface area contributed by atoms with Crippen LogP contribution in [-0.4, -0.2) is 74.3 Å². The van der Waals surface area contributed by atoms with Gasteiger partial charge >= 0.3 is 0 Å². The first kappa shape index (κ1) is 19.6. The minimum Gasteiger partial charge on any atom is -0.379 e. The van der Waals surface area contributed by atoms with Crippen molar-refractivity contribution in [2.24, 2.45) is 4.99 Å². The number of nitrogens with one attached hydrogen (secondary N) is 2. The summed E-state index contributed by atoms with van der Waals surface area (Å²) in [5.41, 5.74) is 0. The van der Waals surface area contributed by atoms with Crippen molar-refractivity contribution in [3.8, 4) is 0 Å². The number of morpholine rings is 1. The molecule has 1 rings (SSSR count). The summed E-state index contributed by atoms with van der Waals surface area (Å²) in [7, 11) is 0. The number of unbranched alkanes of at least 4 members (excludes halogenated alkanes) is 1. The Morgan fingerprint density at radius 1 is 1.23 bits per heavy atom. The molecule has 0 radical (unpaired) electrons. The van der Waals surface area contributed by atoms with E-state index < -0.39 is 0 Å². The number of hydrogen-bond donors (Lipinski definition) is 2. The average Bonchev–Trinajstić information content (AvgIpc) is 2.53. The first-order chi connectivity index (χ1) is 10.6. The number of ether oxygens (including phenoxy) is 1. The summed E-state index contributed by atoms with van der Waals surface area (Å²) in [6.07, 6.45) is 4.54. The Labute approximate surface area is 140 Å². The third-order valence-corrected chi connectivity index (χ3v) is 5.05. The van der Waals surface area contributed by atoms with E-state index in [-0.39, 0.29) is 4.75 Å². The van der Waals surface area contributed by atoms with E-state index in [1.807, 2.05) is 11.8 Å². The minimum absolute atomic E-state index is 0.193. The van der Waals surface area contributed by atoms with Crippen LogP contribution in [0.2, 0.25) is 0 Å². The van der Waals surface area contributed by atoms with E-state index in [0.29, 0.717) is 0 Å². The highest BCUT2D eigenvalue weighted by Gasteiger charge is 2.15. The van der Waals surface area contributed by atoms with Gasteiger partial charge in [0.15, 0.2) is 5.96 Å². The van der Waals surface area contributed by atoms with Gasteiger partial charge in [0.2, 0.25) is 0 Å². The Kier molecular flexibility index (Phi) is 9.91. The first-order valence-corrected chi connectivity index (χ1v) is 9.67. The molecule has 0 bridgehead atoms. The largest absolute Gasteiger partial charge is 0.379 e. The predicted octanol–water partition coefficient (Wildman–Crippen LogP) is 1.80. The minimum atomic E-state index is 0.193. The van der Waals surface area contributed by atoms with Gasteiger partial charge in [0.05, 0.1) is 19.8 Å². The Hall–Kier alpha value is -0.460. The fourth-order valence-corrected chi connectivity index (χ4v) is 2.36. The monoisotopic (exact) mass is 330 g/mol. The number of aliphatic imine (C=N–C) groups is 1. The van der Waals surface area contributed by atoms with Crippen LogP contribution in [0, 0.1) is 0 Å². The molecule has 1 heterocycles. The molecule has 2 N–H and O–H groups in total. The molecule has 0 atom stereocenters. The van der Waals surface area contributed by atoms with Gasteiger partial charge in [0, 0.05) is 30.9 Å². The molecule has 130 valence electrons. The van der Waals surface area contributed by atoms with Crippen LogP contribution >= 0.6 is 11.8 Å². The predicted molar refractivity (Wildman–Crippen MR) is 98.1 cm³/mol. The molecule has 1 aliphatic heterocycles. The van der Waals surface area contributed by atoms with Crippen molar-refractivity contribution in [3.63, 3.8) is 0 Å². The molecule has 0 amide bonds. The number of thioether (sulfide) groups is 1. The zero-order valence-corrected chi connectivity index (χ0v) is 15.6. The lowest BCUT2D eigenvalue weighted by Gasteiger charge is -2.26. The maximum atomic E-state index is 5.37. The lowest BCUT2D eigenvalue weighted by atomic mass is 10.2. The van der Waals surface area contributed by atoms with Crippen LogP contribution in [0.3, 0.4) is 0 Å². The lowest BCUT2D eigenvalue weighted by Crippen LogP contribution is -2.39. The lowest BCUT2D eigenvalue weighted by molar-refractivity contribution is 0.0372. The molecule has 0 spiro atoms. The highest BCUT2D eigenvalue weighted by Crippen LogP contribution is 2.20. The van der Waals surface area contributed by atoms with Crippen LogP contribution < -0.4 is 10.6 Å². The fourth-order valence-electron chi connectivity index (χ4n) is 2.17. The van der Waals surface area contributed by atoms with E-state index in [4.69, 9.17) is 9.73 Å². The Bertz CT molecular complexity index is 317. The molecule has 0 unspecified atom stereocenters. The molecule has 5 nitrogen and oxygen atoms in total. The van der Waals surface area contributed by atoms with Gasteiger partial charge in [-0.3, -0.25) is 9.89 Å². The molecular weight excluding hydrogens is 296 g/mol. The van der Waals surface area contributed by atoms with Gasteiger partial charge in [-0.1, -0.05) is 0 Å². The highest BCUT2D eigenvalue weighted by molar-refractivity contribution is 7.99.